The zero-order valence-electron chi connectivity index (χ0n) is 28.3. The molecule has 0 nitrogen and oxygen atoms in total. The lowest BCUT2D eigenvalue weighted by Crippen LogP contribution is -2.05. The van der Waals surface area contributed by atoms with Gasteiger partial charge in [-0.3, -0.25) is 0 Å². The minimum absolute atomic E-state index is 0.691. The lowest BCUT2D eigenvalue weighted by molar-refractivity contribution is -0.138. The minimum Gasteiger partial charge on any atom is -0.166 e. The zero-order chi connectivity index (χ0) is 35.5. The van der Waals surface area contributed by atoms with Crippen LogP contribution < -0.4 is 0 Å². The lowest BCUT2D eigenvalue weighted by atomic mass is 9.79. The van der Waals surface area contributed by atoms with Crippen molar-refractivity contribution in [3.63, 3.8) is 0 Å². The van der Waals surface area contributed by atoms with Gasteiger partial charge >= 0.3 is 12.4 Å². The third-order valence-corrected chi connectivity index (χ3v) is 9.67. The van der Waals surface area contributed by atoms with Crippen molar-refractivity contribution in [3.05, 3.63) is 131 Å². The normalized spacial score (nSPS) is 12.2. The maximum Gasteiger partial charge on any atom is 0.416 e. The largest absolute Gasteiger partial charge is 0.416 e. The fourth-order valence-corrected chi connectivity index (χ4v) is 7.17. The van der Waals surface area contributed by atoms with E-state index in [-0.39, 0.29) is 0 Å². The second-order valence-electron chi connectivity index (χ2n) is 13.1. The molecule has 0 radical (unpaired) electrons. The van der Waals surface area contributed by atoms with Crippen LogP contribution in [0.25, 0.3) is 54.9 Å². The van der Waals surface area contributed by atoms with Gasteiger partial charge in [0.25, 0.3) is 0 Å². The van der Waals surface area contributed by atoms with E-state index in [0.717, 1.165) is 131 Å². The van der Waals surface area contributed by atoms with Gasteiger partial charge in [0.05, 0.1) is 11.1 Å². The number of unbranched alkanes of at least 4 members (excludes halogenated alkanes) is 4. The van der Waals surface area contributed by atoms with Gasteiger partial charge in [-0.15, -0.1) is 0 Å². The van der Waals surface area contributed by atoms with Gasteiger partial charge in [0.1, 0.15) is 0 Å². The van der Waals surface area contributed by atoms with Crippen LogP contribution in [0.3, 0.4) is 0 Å². The molecule has 0 fully saturated rings. The summed E-state index contributed by atoms with van der Waals surface area (Å²) in [5.74, 6) is 0. The van der Waals surface area contributed by atoms with Gasteiger partial charge in [-0.05, 0) is 128 Å². The molecule has 0 spiro atoms. The standard InChI is InChI=1S/C44H40F6/c1-3-5-7-17-37-39(29-19-23-33(24-20-29)43(45,46)47)27-31-13-9-11-15-35(31)41(37)42-36-16-12-10-14-32(36)28-40(38(42)18-8-6-4-2)30-21-25-34(26-22-30)44(48,49)50/h9-16,19-28H,3-8,17-18H2,1-2H3. The highest BCUT2D eigenvalue weighted by Crippen LogP contribution is 2.47. The van der Waals surface area contributed by atoms with Crippen molar-refractivity contribution >= 4 is 21.5 Å². The molecule has 0 bridgehead atoms. The lowest BCUT2D eigenvalue weighted by Gasteiger charge is -2.25. The second kappa shape index (κ2) is 14.7. The maximum atomic E-state index is 13.6. The predicted octanol–water partition coefficient (Wildman–Crippen LogP) is 14.5. The average molecular weight is 683 g/mol. The van der Waals surface area contributed by atoms with E-state index in [2.05, 4.69) is 38.1 Å². The van der Waals surface area contributed by atoms with E-state index in [0.29, 0.717) is 11.1 Å². The number of benzene rings is 6. The molecule has 6 aromatic rings. The SMILES string of the molecule is CCCCCc1c(-c2ccc(C(F)(F)F)cc2)cc2ccccc2c1-c1c(CCCCC)c(-c2ccc(C(F)(F)F)cc2)cc2ccccc12. The molecule has 50 heavy (non-hydrogen) atoms. The summed E-state index contributed by atoms with van der Waals surface area (Å²) in [6.45, 7) is 4.29. The summed E-state index contributed by atoms with van der Waals surface area (Å²) in [6, 6.07) is 31.3. The Kier molecular flexibility index (Phi) is 10.4. The van der Waals surface area contributed by atoms with Crippen LogP contribution in [0.2, 0.25) is 0 Å². The van der Waals surface area contributed by atoms with Crippen LogP contribution in [-0.4, -0.2) is 0 Å². The molecule has 6 heteroatoms. The van der Waals surface area contributed by atoms with Crippen molar-refractivity contribution in [2.45, 2.75) is 77.6 Å². The van der Waals surface area contributed by atoms with Crippen LogP contribution in [0.15, 0.2) is 109 Å². The Morgan fingerprint density at radius 1 is 0.440 bits per heavy atom. The molecular formula is C44H40F6. The Hall–Kier alpha value is -4.58. The van der Waals surface area contributed by atoms with Crippen molar-refractivity contribution in [1.82, 2.24) is 0 Å². The fourth-order valence-electron chi connectivity index (χ4n) is 7.17. The monoisotopic (exact) mass is 682 g/mol. The summed E-state index contributed by atoms with van der Waals surface area (Å²) in [5, 5.41) is 4.03. The molecule has 0 aliphatic carbocycles. The van der Waals surface area contributed by atoms with Gasteiger partial charge in [0, 0.05) is 0 Å². The van der Waals surface area contributed by atoms with Gasteiger partial charge in [-0.1, -0.05) is 112 Å². The Labute approximate surface area is 289 Å². The smallest absolute Gasteiger partial charge is 0.166 e. The third kappa shape index (κ3) is 7.31. The van der Waals surface area contributed by atoms with E-state index < -0.39 is 23.5 Å². The average Bonchev–Trinajstić information content (AvgIpc) is 3.10. The van der Waals surface area contributed by atoms with Crippen LogP contribution in [-0.2, 0) is 25.2 Å². The van der Waals surface area contributed by atoms with Crippen molar-refractivity contribution in [2.24, 2.45) is 0 Å². The summed E-state index contributed by atoms with van der Waals surface area (Å²) < 4.78 is 81.7. The molecule has 6 rings (SSSR count). The molecule has 0 aliphatic heterocycles. The van der Waals surface area contributed by atoms with Crippen LogP contribution in [0, 0.1) is 0 Å². The van der Waals surface area contributed by atoms with E-state index in [9.17, 15) is 26.3 Å². The topological polar surface area (TPSA) is 0 Å². The van der Waals surface area contributed by atoms with Crippen molar-refractivity contribution in [3.8, 4) is 33.4 Å². The molecule has 0 aliphatic rings. The van der Waals surface area contributed by atoms with E-state index in [1.165, 1.54) is 0 Å². The van der Waals surface area contributed by atoms with Crippen molar-refractivity contribution in [2.75, 3.05) is 0 Å². The molecule has 258 valence electrons. The first kappa shape index (κ1) is 35.3. The van der Waals surface area contributed by atoms with Crippen LogP contribution >= 0.6 is 0 Å². The van der Waals surface area contributed by atoms with Gasteiger partial charge in [0.15, 0.2) is 0 Å². The predicted molar refractivity (Wildman–Crippen MR) is 194 cm³/mol. The molecule has 6 aromatic carbocycles. The summed E-state index contributed by atoms with van der Waals surface area (Å²) in [6.07, 6.45) is -1.64. The maximum absolute atomic E-state index is 13.6. The molecule has 0 amide bonds. The second-order valence-corrected chi connectivity index (χ2v) is 13.1. The molecule has 0 saturated carbocycles. The minimum atomic E-state index is -4.44. The summed E-state index contributed by atoms with van der Waals surface area (Å²) in [7, 11) is 0. The number of halogens is 6. The van der Waals surface area contributed by atoms with Gasteiger partial charge < -0.3 is 0 Å². The number of hydrogen-bond acceptors (Lipinski definition) is 0. The molecule has 0 unspecified atom stereocenters. The number of alkyl halides is 6. The summed E-state index contributed by atoms with van der Waals surface area (Å²) in [5.41, 5.74) is 6.08. The van der Waals surface area contributed by atoms with Crippen LogP contribution in [0.5, 0.6) is 0 Å². The van der Waals surface area contributed by atoms with Crippen LogP contribution in [0.4, 0.5) is 26.3 Å². The highest BCUT2D eigenvalue weighted by atomic mass is 19.4. The first-order valence-electron chi connectivity index (χ1n) is 17.5. The number of rotatable bonds is 11. The molecule has 0 heterocycles. The number of hydrogen-bond donors (Lipinski definition) is 0. The molecule has 0 aromatic heterocycles. The Bertz CT molecular complexity index is 1930. The Morgan fingerprint density at radius 3 is 1.14 bits per heavy atom. The first-order chi connectivity index (χ1) is 24.0. The fraction of sp³-hybridized carbons (Fsp3) is 0.273. The highest BCUT2D eigenvalue weighted by molar-refractivity contribution is 6.11. The van der Waals surface area contributed by atoms with E-state index in [1.54, 1.807) is 24.3 Å². The van der Waals surface area contributed by atoms with Gasteiger partial charge in [-0.2, -0.15) is 26.3 Å². The zero-order valence-corrected chi connectivity index (χ0v) is 28.3. The third-order valence-electron chi connectivity index (χ3n) is 9.67. The molecule has 0 N–H and O–H groups in total. The quantitative estimate of drug-likeness (QED) is 0.0943. The number of fused-ring (bicyclic) bond motifs is 2. The van der Waals surface area contributed by atoms with Crippen molar-refractivity contribution in [1.29, 1.82) is 0 Å². The van der Waals surface area contributed by atoms with E-state index in [1.807, 2.05) is 36.4 Å². The van der Waals surface area contributed by atoms with Gasteiger partial charge in [0.2, 0.25) is 0 Å². The molecular weight excluding hydrogens is 642 g/mol. The van der Waals surface area contributed by atoms with Crippen LogP contribution in [0.1, 0.15) is 74.6 Å². The van der Waals surface area contributed by atoms with Gasteiger partial charge in [-0.25, -0.2) is 0 Å². The summed E-state index contributed by atoms with van der Waals surface area (Å²) in [4.78, 5) is 0. The first-order valence-corrected chi connectivity index (χ1v) is 17.5. The van der Waals surface area contributed by atoms with E-state index >= 15 is 0 Å². The Balaban J connectivity index is 1.72. The summed E-state index contributed by atoms with van der Waals surface area (Å²) >= 11 is 0. The highest BCUT2D eigenvalue weighted by Gasteiger charge is 2.31. The Morgan fingerprint density at radius 2 is 0.800 bits per heavy atom. The molecule has 0 saturated heterocycles. The molecule has 0 atom stereocenters. The van der Waals surface area contributed by atoms with Crippen molar-refractivity contribution < 1.29 is 26.3 Å². The van der Waals surface area contributed by atoms with E-state index in [4.69, 9.17) is 0 Å².